The highest BCUT2D eigenvalue weighted by molar-refractivity contribution is 5.92. The molecule has 0 spiro atoms. The maximum Gasteiger partial charge on any atom is 0.273 e. The second-order valence-electron chi connectivity index (χ2n) is 4.87. The van der Waals surface area contributed by atoms with Crippen molar-refractivity contribution in [3.63, 3.8) is 0 Å². The number of halogens is 1. The molecule has 4 nitrogen and oxygen atoms in total. The summed E-state index contributed by atoms with van der Waals surface area (Å²) in [6.45, 7) is 0.504. The Balaban J connectivity index is 1.82. The zero-order valence-electron chi connectivity index (χ0n) is 10.9. The minimum atomic E-state index is -0.629. The van der Waals surface area contributed by atoms with Crippen molar-refractivity contribution in [1.82, 2.24) is 14.9 Å². The van der Waals surface area contributed by atoms with E-state index < -0.39 is 5.95 Å². The van der Waals surface area contributed by atoms with E-state index in [0.29, 0.717) is 6.54 Å². The van der Waals surface area contributed by atoms with Crippen LogP contribution in [0.5, 0.6) is 0 Å². The first-order valence-corrected chi connectivity index (χ1v) is 6.56. The van der Waals surface area contributed by atoms with Gasteiger partial charge >= 0.3 is 0 Å². The maximum absolute atomic E-state index is 13.1. The summed E-state index contributed by atoms with van der Waals surface area (Å²) >= 11 is 0. The van der Waals surface area contributed by atoms with E-state index >= 15 is 0 Å². The van der Waals surface area contributed by atoms with Crippen molar-refractivity contribution in [2.75, 3.05) is 0 Å². The fourth-order valence-corrected chi connectivity index (χ4v) is 2.11. The van der Waals surface area contributed by atoms with Crippen molar-refractivity contribution in [2.24, 2.45) is 0 Å². The van der Waals surface area contributed by atoms with E-state index in [1.54, 1.807) is 23.4 Å². The molecule has 0 unspecified atom stereocenters. The SMILES string of the molecule is O=C(c1cccc(F)n1)N(Cc1ccncc1)C1CC1. The molecular weight excluding hydrogens is 257 g/mol. The lowest BCUT2D eigenvalue weighted by Gasteiger charge is -2.22. The van der Waals surface area contributed by atoms with Gasteiger partial charge in [-0.15, -0.1) is 0 Å². The molecule has 1 fully saturated rings. The van der Waals surface area contributed by atoms with E-state index in [-0.39, 0.29) is 17.6 Å². The molecule has 0 aromatic carbocycles. The van der Waals surface area contributed by atoms with Crippen molar-refractivity contribution < 1.29 is 9.18 Å². The average Bonchev–Trinajstić information content (AvgIpc) is 3.30. The van der Waals surface area contributed by atoms with Crippen LogP contribution in [-0.2, 0) is 6.54 Å². The summed E-state index contributed by atoms with van der Waals surface area (Å²) in [7, 11) is 0. The molecule has 0 saturated heterocycles. The normalized spacial score (nSPS) is 14.1. The molecule has 2 aromatic heterocycles. The second kappa shape index (κ2) is 5.36. The molecule has 3 rings (SSSR count). The van der Waals surface area contributed by atoms with E-state index in [1.807, 2.05) is 12.1 Å². The lowest BCUT2D eigenvalue weighted by Crippen LogP contribution is -2.33. The van der Waals surface area contributed by atoms with Gasteiger partial charge in [0.1, 0.15) is 5.69 Å². The van der Waals surface area contributed by atoms with Crippen LogP contribution >= 0.6 is 0 Å². The second-order valence-corrected chi connectivity index (χ2v) is 4.87. The fraction of sp³-hybridized carbons (Fsp3) is 0.267. The van der Waals surface area contributed by atoms with Gasteiger partial charge in [-0.2, -0.15) is 4.39 Å². The third kappa shape index (κ3) is 2.82. The van der Waals surface area contributed by atoms with Crippen LogP contribution in [0.4, 0.5) is 4.39 Å². The van der Waals surface area contributed by atoms with Gasteiger partial charge in [0.05, 0.1) is 0 Å². The first-order valence-electron chi connectivity index (χ1n) is 6.56. The van der Waals surface area contributed by atoms with E-state index in [2.05, 4.69) is 9.97 Å². The van der Waals surface area contributed by atoms with Crippen molar-refractivity contribution in [3.05, 3.63) is 59.9 Å². The summed E-state index contributed by atoms with van der Waals surface area (Å²) < 4.78 is 13.1. The molecule has 0 radical (unpaired) electrons. The van der Waals surface area contributed by atoms with Gasteiger partial charge in [0.2, 0.25) is 5.95 Å². The van der Waals surface area contributed by atoms with Crippen molar-refractivity contribution in [3.8, 4) is 0 Å². The van der Waals surface area contributed by atoms with Gasteiger partial charge in [-0.05, 0) is 42.7 Å². The summed E-state index contributed by atoms with van der Waals surface area (Å²) in [4.78, 5) is 21.9. The molecule has 5 heteroatoms. The molecule has 2 aromatic rings. The van der Waals surface area contributed by atoms with Crippen LogP contribution in [0.15, 0.2) is 42.7 Å². The zero-order valence-corrected chi connectivity index (χ0v) is 10.9. The smallest absolute Gasteiger partial charge is 0.273 e. The molecule has 1 saturated carbocycles. The van der Waals surface area contributed by atoms with Crippen LogP contribution in [0.3, 0.4) is 0 Å². The van der Waals surface area contributed by atoms with Gasteiger partial charge in [-0.3, -0.25) is 9.78 Å². The highest BCUT2D eigenvalue weighted by Crippen LogP contribution is 2.29. The number of aromatic nitrogens is 2. The van der Waals surface area contributed by atoms with Crippen LogP contribution in [-0.4, -0.2) is 26.8 Å². The van der Waals surface area contributed by atoms with Crippen molar-refractivity contribution in [2.45, 2.75) is 25.4 Å². The number of carbonyl (C=O) groups is 1. The molecule has 1 amide bonds. The number of hydrogen-bond donors (Lipinski definition) is 0. The Morgan fingerprint density at radius 1 is 1.25 bits per heavy atom. The van der Waals surface area contributed by atoms with Crippen LogP contribution < -0.4 is 0 Å². The van der Waals surface area contributed by atoms with Gasteiger partial charge < -0.3 is 4.90 Å². The van der Waals surface area contributed by atoms with E-state index in [0.717, 1.165) is 18.4 Å². The molecule has 1 aliphatic carbocycles. The Morgan fingerprint density at radius 3 is 2.65 bits per heavy atom. The lowest BCUT2D eigenvalue weighted by atomic mass is 10.2. The van der Waals surface area contributed by atoms with Gasteiger partial charge in [0, 0.05) is 25.0 Å². The molecule has 0 N–H and O–H groups in total. The van der Waals surface area contributed by atoms with E-state index in [4.69, 9.17) is 0 Å². The standard InChI is InChI=1S/C15H14FN3O/c16-14-3-1-2-13(18-14)15(20)19(12-4-5-12)10-11-6-8-17-9-7-11/h1-3,6-9,12H,4-5,10H2. The Labute approximate surface area is 116 Å². The van der Waals surface area contributed by atoms with Gasteiger partial charge in [0.25, 0.3) is 5.91 Å². The minimum Gasteiger partial charge on any atom is -0.330 e. The minimum absolute atomic E-state index is 0.158. The number of pyridine rings is 2. The number of nitrogens with zero attached hydrogens (tertiary/aromatic N) is 3. The summed E-state index contributed by atoms with van der Waals surface area (Å²) in [5.41, 5.74) is 1.17. The van der Waals surface area contributed by atoms with E-state index in [1.165, 1.54) is 12.1 Å². The maximum atomic E-state index is 13.1. The molecule has 102 valence electrons. The molecular formula is C15H14FN3O. The third-order valence-electron chi connectivity index (χ3n) is 3.29. The van der Waals surface area contributed by atoms with Gasteiger partial charge in [-0.25, -0.2) is 4.98 Å². The predicted octanol–water partition coefficient (Wildman–Crippen LogP) is 2.42. The van der Waals surface area contributed by atoms with Crippen LogP contribution in [0, 0.1) is 5.95 Å². The number of amides is 1. The largest absolute Gasteiger partial charge is 0.330 e. The topological polar surface area (TPSA) is 46.1 Å². The Bertz CT molecular complexity index is 614. The Morgan fingerprint density at radius 2 is 2.00 bits per heavy atom. The van der Waals surface area contributed by atoms with Crippen LogP contribution in [0.25, 0.3) is 0 Å². The summed E-state index contributed by atoms with van der Waals surface area (Å²) in [6, 6.07) is 8.28. The van der Waals surface area contributed by atoms with E-state index in [9.17, 15) is 9.18 Å². The van der Waals surface area contributed by atoms with Gasteiger partial charge in [-0.1, -0.05) is 6.07 Å². The number of rotatable bonds is 4. The van der Waals surface area contributed by atoms with Crippen molar-refractivity contribution >= 4 is 5.91 Å². The highest BCUT2D eigenvalue weighted by Gasteiger charge is 2.33. The monoisotopic (exact) mass is 271 g/mol. The average molecular weight is 271 g/mol. The third-order valence-corrected chi connectivity index (χ3v) is 3.29. The number of carbonyl (C=O) groups excluding carboxylic acids is 1. The van der Waals surface area contributed by atoms with Gasteiger partial charge in [0.15, 0.2) is 0 Å². The molecule has 20 heavy (non-hydrogen) atoms. The summed E-state index contributed by atoms with van der Waals surface area (Å²) in [5, 5.41) is 0. The summed E-state index contributed by atoms with van der Waals surface area (Å²) in [5.74, 6) is -0.848. The first-order chi connectivity index (χ1) is 9.74. The first kappa shape index (κ1) is 12.7. The summed E-state index contributed by atoms with van der Waals surface area (Å²) in [6.07, 6.45) is 5.38. The molecule has 1 aliphatic rings. The number of hydrogen-bond acceptors (Lipinski definition) is 3. The Hall–Kier alpha value is -2.30. The quantitative estimate of drug-likeness (QED) is 0.802. The van der Waals surface area contributed by atoms with Crippen LogP contribution in [0.2, 0.25) is 0 Å². The van der Waals surface area contributed by atoms with Crippen molar-refractivity contribution in [1.29, 1.82) is 0 Å². The molecule has 2 heterocycles. The van der Waals surface area contributed by atoms with Crippen LogP contribution in [0.1, 0.15) is 28.9 Å². The molecule has 0 atom stereocenters. The zero-order chi connectivity index (χ0) is 13.9. The predicted molar refractivity (Wildman–Crippen MR) is 71.3 cm³/mol. The Kier molecular flexibility index (Phi) is 3.41. The highest BCUT2D eigenvalue weighted by atomic mass is 19.1. The molecule has 0 bridgehead atoms. The fourth-order valence-electron chi connectivity index (χ4n) is 2.11. The lowest BCUT2D eigenvalue weighted by molar-refractivity contribution is 0.0722. The molecule has 0 aliphatic heterocycles.